The van der Waals surface area contributed by atoms with Gasteiger partial charge in [0.05, 0.1) is 16.8 Å². The molecule has 1 aromatic rings. The Morgan fingerprint density at radius 3 is 2.76 bits per heavy atom. The molecule has 1 rings (SSSR count). The highest BCUT2D eigenvalue weighted by molar-refractivity contribution is 8.00. The molecule has 0 spiro atoms. The van der Waals surface area contributed by atoms with E-state index in [1.54, 1.807) is 6.07 Å². The number of thioether (sulfide) groups is 1. The lowest BCUT2D eigenvalue weighted by Gasteiger charge is -2.05. The van der Waals surface area contributed by atoms with Crippen molar-refractivity contribution in [2.45, 2.75) is 4.90 Å². The van der Waals surface area contributed by atoms with Gasteiger partial charge in [0.2, 0.25) is 0 Å². The van der Waals surface area contributed by atoms with Gasteiger partial charge in [-0.15, -0.1) is 11.8 Å². The Kier molecular flexibility index (Phi) is 5.23. The highest BCUT2D eigenvalue weighted by atomic mass is 35.5. The average Bonchev–Trinajstić information content (AvgIpc) is 2.28. The van der Waals surface area contributed by atoms with Gasteiger partial charge in [0, 0.05) is 4.90 Å². The predicted octanol–water partition coefficient (Wildman–Crippen LogP) is 1.90. The molecule has 0 aliphatic rings. The van der Waals surface area contributed by atoms with Crippen molar-refractivity contribution < 1.29 is 10.5 Å². The molecule has 0 aromatic heterocycles. The van der Waals surface area contributed by atoms with Gasteiger partial charge in [0.25, 0.3) is 0 Å². The molecule has 0 radical (unpaired) electrons. The van der Waals surface area contributed by atoms with E-state index in [1.807, 2.05) is 24.3 Å². The van der Waals surface area contributed by atoms with Crippen LogP contribution in [0.25, 0.3) is 0 Å². The zero-order chi connectivity index (χ0) is 12.8. The number of allylic oxidation sites excluding steroid dienone is 1. The Labute approximate surface area is 109 Å². The van der Waals surface area contributed by atoms with Gasteiger partial charge in [-0.25, -0.2) is 0 Å². The lowest BCUT2D eigenvalue weighted by atomic mass is 10.1. The van der Waals surface area contributed by atoms with Crippen LogP contribution >= 0.6 is 23.4 Å². The number of nitriles is 1. The van der Waals surface area contributed by atoms with Crippen LogP contribution in [-0.2, 0) is 4.79 Å². The minimum atomic E-state index is -0.829. The third-order valence-electron chi connectivity index (χ3n) is 2.07. The van der Waals surface area contributed by atoms with E-state index in [-0.39, 0.29) is 11.5 Å². The fourth-order valence-electron chi connectivity index (χ4n) is 1.18. The topological polar surface area (TPSA) is 68.5 Å². The van der Waals surface area contributed by atoms with Gasteiger partial charge in [0.1, 0.15) is 5.70 Å². The maximum absolute atomic E-state index is 11.7. The normalized spacial score (nSPS) is 11.6. The molecule has 0 fully saturated rings. The number of ketones is 1. The Balaban J connectivity index is 2.63. The second-order valence-electron chi connectivity index (χ2n) is 3.41. The first kappa shape index (κ1) is 13.8. The Morgan fingerprint density at radius 1 is 1.59 bits per heavy atom. The first-order chi connectivity index (χ1) is 8.06. The van der Waals surface area contributed by atoms with Crippen molar-refractivity contribution in [1.29, 1.82) is 5.26 Å². The van der Waals surface area contributed by atoms with Crippen LogP contribution in [0.4, 0.5) is 0 Å². The average molecular weight is 268 g/mol. The van der Waals surface area contributed by atoms with E-state index in [0.717, 1.165) is 4.90 Å². The molecule has 88 valence electrons. The molecular weight excluding hydrogens is 256 g/mol. The number of hydrogen-bond acceptors (Lipinski definition) is 3. The van der Waals surface area contributed by atoms with Crippen molar-refractivity contribution in [2.75, 3.05) is 5.75 Å². The van der Waals surface area contributed by atoms with Crippen LogP contribution < -0.4 is 5.73 Å². The number of halogens is 1. The molecule has 0 heterocycles. The maximum Gasteiger partial charge on any atom is 0.178 e. The van der Waals surface area contributed by atoms with E-state index < -0.39 is 5.92 Å². The third kappa shape index (κ3) is 3.90. The van der Waals surface area contributed by atoms with E-state index in [4.69, 9.17) is 16.9 Å². The summed E-state index contributed by atoms with van der Waals surface area (Å²) in [7, 11) is 0. The zero-order valence-electron chi connectivity index (χ0n) is 9.15. The molecule has 0 unspecified atom stereocenters. The summed E-state index contributed by atoms with van der Waals surface area (Å²) >= 11 is 7.27. The Hall–Kier alpha value is -1.28. The summed E-state index contributed by atoms with van der Waals surface area (Å²) in [5.41, 5.74) is 3.86. The van der Waals surface area contributed by atoms with Crippen LogP contribution in [0.15, 0.2) is 41.4 Å². The zero-order valence-corrected chi connectivity index (χ0v) is 10.7. The van der Waals surface area contributed by atoms with Crippen molar-refractivity contribution in [3.05, 3.63) is 41.6 Å². The van der Waals surface area contributed by atoms with Crippen molar-refractivity contribution in [3.63, 3.8) is 0 Å². The smallest absolute Gasteiger partial charge is 0.178 e. The molecule has 0 aliphatic heterocycles. The number of rotatable bonds is 5. The van der Waals surface area contributed by atoms with Crippen molar-refractivity contribution >= 4 is 29.1 Å². The van der Waals surface area contributed by atoms with Crippen molar-refractivity contribution in [2.24, 2.45) is 5.92 Å². The van der Waals surface area contributed by atoms with Crippen LogP contribution in [0.2, 0.25) is 5.02 Å². The molecule has 1 aromatic carbocycles. The van der Waals surface area contributed by atoms with Crippen molar-refractivity contribution in [3.8, 4) is 6.07 Å². The van der Waals surface area contributed by atoms with Gasteiger partial charge < -0.3 is 5.73 Å². The second kappa shape index (κ2) is 6.45. The maximum atomic E-state index is 11.7. The fourth-order valence-corrected chi connectivity index (χ4v) is 2.33. The highest BCUT2D eigenvalue weighted by Crippen LogP contribution is 2.27. The number of benzene rings is 1. The summed E-state index contributed by atoms with van der Waals surface area (Å²) in [4.78, 5) is 12.5. The molecule has 3 nitrogen and oxygen atoms in total. The van der Waals surface area contributed by atoms with Crippen LogP contribution in [0.3, 0.4) is 0 Å². The quantitative estimate of drug-likeness (QED) is 0.829. The van der Waals surface area contributed by atoms with Crippen LogP contribution in [0.1, 0.15) is 0 Å². The van der Waals surface area contributed by atoms with Crippen molar-refractivity contribution in [1.82, 2.24) is 0 Å². The van der Waals surface area contributed by atoms with Gasteiger partial charge in [-0.3, -0.25) is 4.79 Å². The lowest BCUT2D eigenvalue weighted by Crippen LogP contribution is -2.51. The van der Waals surface area contributed by atoms with E-state index in [2.05, 4.69) is 12.3 Å². The number of quaternary nitrogens is 1. The van der Waals surface area contributed by atoms with Gasteiger partial charge in [-0.05, 0) is 18.7 Å². The third-order valence-corrected chi connectivity index (χ3v) is 3.60. The first-order valence-corrected chi connectivity index (χ1v) is 6.23. The van der Waals surface area contributed by atoms with Crippen LogP contribution in [-0.4, -0.2) is 11.5 Å². The second-order valence-corrected chi connectivity index (χ2v) is 4.83. The summed E-state index contributed by atoms with van der Waals surface area (Å²) in [6.07, 6.45) is 0. The minimum Gasteiger partial charge on any atom is -0.328 e. The van der Waals surface area contributed by atoms with E-state index in [0.29, 0.717) is 10.7 Å². The van der Waals surface area contributed by atoms with Crippen LogP contribution in [0.5, 0.6) is 0 Å². The van der Waals surface area contributed by atoms with E-state index in [9.17, 15) is 4.79 Å². The standard InChI is InChI=1S/C12H11ClN2OS/c1-8(15)9(6-14)11(16)7-17-12-5-3-2-4-10(12)13/h2-5,9H,1,7,15H2/p+1/t9-/m0/s1. The highest BCUT2D eigenvalue weighted by Gasteiger charge is 2.22. The van der Waals surface area contributed by atoms with Gasteiger partial charge in [-0.2, -0.15) is 5.26 Å². The predicted molar refractivity (Wildman–Crippen MR) is 68.3 cm³/mol. The summed E-state index contributed by atoms with van der Waals surface area (Å²) < 4.78 is 0. The van der Waals surface area contributed by atoms with E-state index >= 15 is 0 Å². The fraction of sp³-hybridized carbons (Fsp3) is 0.167. The summed E-state index contributed by atoms with van der Waals surface area (Å²) in [5.74, 6) is -0.835. The molecule has 0 saturated carbocycles. The number of Topliss-reactive ketones (excluding diaryl/α,β-unsaturated/α-hetero) is 1. The Morgan fingerprint density at radius 2 is 2.24 bits per heavy atom. The largest absolute Gasteiger partial charge is 0.328 e. The van der Waals surface area contributed by atoms with E-state index in [1.165, 1.54) is 11.8 Å². The summed E-state index contributed by atoms with van der Waals surface area (Å²) in [5, 5.41) is 9.42. The molecule has 17 heavy (non-hydrogen) atoms. The Bertz CT molecular complexity index is 482. The number of hydrogen-bond donors (Lipinski definition) is 1. The monoisotopic (exact) mass is 267 g/mol. The summed E-state index contributed by atoms with van der Waals surface area (Å²) in [6.45, 7) is 3.53. The lowest BCUT2D eigenvalue weighted by molar-refractivity contribution is -0.309. The van der Waals surface area contributed by atoms with Gasteiger partial charge >= 0.3 is 0 Å². The molecule has 5 heteroatoms. The molecule has 0 amide bonds. The molecular formula is C12H12ClN2OS+. The van der Waals surface area contributed by atoms with Crippen LogP contribution in [0, 0.1) is 17.2 Å². The SMILES string of the molecule is C=C([NH3+])[C@H](C#N)C(=O)CSc1ccccc1Cl. The van der Waals surface area contributed by atoms with Gasteiger partial charge in [-0.1, -0.05) is 23.7 Å². The van der Waals surface area contributed by atoms with Gasteiger partial charge in [0.15, 0.2) is 11.7 Å². The molecule has 0 saturated heterocycles. The summed E-state index contributed by atoms with van der Waals surface area (Å²) in [6, 6.07) is 9.16. The molecule has 3 N–H and O–H groups in total. The number of carbonyl (C=O) groups excluding carboxylic acids is 1. The molecule has 0 bridgehead atoms. The molecule has 1 atom stereocenters. The molecule has 0 aliphatic carbocycles. The minimum absolute atomic E-state index is 0.191. The first-order valence-electron chi connectivity index (χ1n) is 4.86. The number of nitrogens with zero attached hydrogens (tertiary/aromatic N) is 1. The number of carbonyl (C=O) groups is 1.